The molecule has 0 fully saturated rings. The molecule has 7 heteroatoms. The summed E-state index contributed by atoms with van der Waals surface area (Å²) in [6.45, 7) is 0. The highest BCUT2D eigenvalue weighted by atomic mass is 19.4. The van der Waals surface area contributed by atoms with E-state index in [1.807, 2.05) is 30.3 Å². The van der Waals surface area contributed by atoms with Crippen LogP contribution in [0.25, 0.3) is 33.2 Å². The number of hydrogen-bond acceptors (Lipinski definition) is 2. The topological polar surface area (TPSA) is 56.0 Å². The van der Waals surface area contributed by atoms with E-state index < -0.39 is 23.5 Å². The molecule has 4 rings (SSSR count). The third-order valence-corrected chi connectivity index (χ3v) is 4.84. The fourth-order valence-corrected chi connectivity index (χ4v) is 3.44. The van der Waals surface area contributed by atoms with Crippen molar-refractivity contribution in [1.29, 1.82) is 0 Å². The lowest BCUT2D eigenvalue weighted by molar-refractivity contribution is -0.139. The number of primary amides is 1. The van der Waals surface area contributed by atoms with Gasteiger partial charge in [0.25, 0.3) is 0 Å². The number of rotatable bonds is 3. The van der Waals surface area contributed by atoms with E-state index in [4.69, 9.17) is 5.73 Å². The molecule has 3 aromatic carbocycles. The molecule has 0 saturated heterocycles. The zero-order valence-electron chi connectivity index (χ0n) is 15.4. The summed E-state index contributed by atoms with van der Waals surface area (Å²) in [6.07, 6.45) is -3.56. The van der Waals surface area contributed by atoms with Crippen molar-refractivity contribution in [2.45, 2.75) is 6.18 Å². The van der Waals surface area contributed by atoms with Crippen LogP contribution in [-0.4, -0.2) is 10.9 Å². The summed E-state index contributed by atoms with van der Waals surface area (Å²) in [6, 6.07) is 17.4. The summed E-state index contributed by atoms with van der Waals surface area (Å²) < 4.78 is 53.7. The molecule has 1 amide bonds. The van der Waals surface area contributed by atoms with E-state index in [1.165, 1.54) is 12.3 Å². The summed E-state index contributed by atoms with van der Waals surface area (Å²) >= 11 is 0. The molecule has 0 aliphatic heterocycles. The van der Waals surface area contributed by atoms with Crippen molar-refractivity contribution >= 4 is 16.8 Å². The SMILES string of the molecule is NC(=O)c1ccc(-c2ccnc3c(F)c(C(F)(F)F)ccc23)cc1-c1ccccc1. The van der Waals surface area contributed by atoms with E-state index in [2.05, 4.69) is 4.98 Å². The highest BCUT2D eigenvalue weighted by molar-refractivity contribution is 6.02. The number of pyridine rings is 1. The van der Waals surface area contributed by atoms with Crippen LogP contribution in [0.2, 0.25) is 0 Å². The molecule has 0 spiro atoms. The Kier molecular flexibility index (Phi) is 4.73. The van der Waals surface area contributed by atoms with Crippen molar-refractivity contribution in [3.63, 3.8) is 0 Å². The Morgan fingerprint density at radius 1 is 0.867 bits per heavy atom. The van der Waals surface area contributed by atoms with Gasteiger partial charge in [-0.3, -0.25) is 9.78 Å². The second-order valence-electron chi connectivity index (χ2n) is 6.67. The van der Waals surface area contributed by atoms with Crippen LogP contribution in [0.15, 0.2) is 72.9 Å². The molecule has 0 atom stereocenters. The fourth-order valence-electron chi connectivity index (χ4n) is 3.44. The van der Waals surface area contributed by atoms with Gasteiger partial charge in [-0.05, 0) is 46.5 Å². The van der Waals surface area contributed by atoms with Gasteiger partial charge < -0.3 is 5.73 Å². The van der Waals surface area contributed by atoms with Crippen molar-refractivity contribution in [3.8, 4) is 22.3 Å². The quantitative estimate of drug-likeness (QED) is 0.432. The maximum atomic E-state index is 14.5. The van der Waals surface area contributed by atoms with Gasteiger partial charge in [-0.25, -0.2) is 4.39 Å². The second kappa shape index (κ2) is 7.26. The Labute approximate surface area is 168 Å². The Bertz CT molecular complexity index is 1270. The monoisotopic (exact) mass is 410 g/mol. The molecule has 2 N–H and O–H groups in total. The van der Waals surface area contributed by atoms with E-state index in [-0.39, 0.29) is 10.9 Å². The molecule has 0 radical (unpaired) electrons. The van der Waals surface area contributed by atoms with Crippen LogP contribution in [0.5, 0.6) is 0 Å². The Balaban J connectivity index is 1.95. The van der Waals surface area contributed by atoms with E-state index in [0.29, 0.717) is 28.3 Å². The Morgan fingerprint density at radius 2 is 1.60 bits per heavy atom. The third kappa shape index (κ3) is 3.39. The molecule has 1 heterocycles. The van der Waals surface area contributed by atoms with Crippen molar-refractivity contribution < 1.29 is 22.4 Å². The molecule has 0 saturated carbocycles. The first-order valence-corrected chi connectivity index (χ1v) is 8.91. The number of amides is 1. The number of carbonyl (C=O) groups is 1. The molecule has 0 aliphatic carbocycles. The number of hydrogen-bond donors (Lipinski definition) is 1. The van der Waals surface area contributed by atoms with Gasteiger partial charge in [0.15, 0.2) is 5.82 Å². The van der Waals surface area contributed by atoms with Crippen LogP contribution in [0.4, 0.5) is 17.6 Å². The lowest BCUT2D eigenvalue weighted by Gasteiger charge is -2.14. The Hall–Kier alpha value is -3.74. The summed E-state index contributed by atoms with van der Waals surface area (Å²) in [7, 11) is 0. The van der Waals surface area contributed by atoms with Gasteiger partial charge in [0.2, 0.25) is 5.91 Å². The van der Waals surface area contributed by atoms with Crippen molar-refractivity contribution in [2.24, 2.45) is 5.73 Å². The van der Waals surface area contributed by atoms with E-state index in [0.717, 1.165) is 5.56 Å². The summed E-state index contributed by atoms with van der Waals surface area (Å²) in [5.41, 5.74) is 6.45. The van der Waals surface area contributed by atoms with Crippen LogP contribution in [-0.2, 0) is 6.18 Å². The number of halogens is 4. The predicted molar refractivity (Wildman–Crippen MR) is 106 cm³/mol. The minimum Gasteiger partial charge on any atom is -0.366 e. The summed E-state index contributed by atoms with van der Waals surface area (Å²) in [5, 5.41) is 0.230. The Morgan fingerprint density at radius 3 is 2.27 bits per heavy atom. The molecule has 4 aromatic rings. The number of nitrogens with zero attached hydrogens (tertiary/aromatic N) is 1. The summed E-state index contributed by atoms with van der Waals surface area (Å²) in [5.74, 6) is -2.03. The van der Waals surface area contributed by atoms with Gasteiger partial charge >= 0.3 is 6.18 Å². The zero-order chi connectivity index (χ0) is 21.5. The van der Waals surface area contributed by atoms with Crippen molar-refractivity contribution in [2.75, 3.05) is 0 Å². The van der Waals surface area contributed by atoms with Crippen molar-refractivity contribution in [1.82, 2.24) is 4.98 Å². The highest BCUT2D eigenvalue weighted by Crippen LogP contribution is 2.37. The molecule has 0 aliphatic rings. The fraction of sp³-hybridized carbons (Fsp3) is 0.0435. The standard InChI is InChI=1S/C23H14F4N2O/c24-20-19(23(25,26)27)9-8-16-15(10-11-29-21(16)20)14-6-7-17(22(28)30)18(12-14)13-4-2-1-3-5-13/h1-12H,(H2,28,30). The van der Waals surface area contributed by atoms with E-state index in [9.17, 15) is 22.4 Å². The molecule has 0 bridgehead atoms. The van der Waals surface area contributed by atoms with Crippen LogP contribution >= 0.6 is 0 Å². The molecule has 3 nitrogen and oxygen atoms in total. The normalized spacial score (nSPS) is 11.6. The maximum absolute atomic E-state index is 14.5. The molecule has 30 heavy (non-hydrogen) atoms. The minimum absolute atomic E-state index is 0.230. The largest absolute Gasteiger partial charge is 0.419 e. The minimum atomic E-state index is -4.82. The number of aromatic nitrogens is 1. The van der Waals surface area contributed by atoms with Gasteiger partial charge in [-0.15, -0.1) is 0 Å². The molecular weight excluding hydrogens is 396 g/mol. The third-order valence-electron chi connectivity index (χ3n) is 4.84. The van der Waals surface area contributed by atoms with E-state index >= 15 is 0 Å². The number of benzene rings is 3. The predicted octanol–water partition coefficient (Wildman–Crippen LogP) is 5.83. The smallest absolute Gasteiger partial charge is 0.366 e. The van der Waals surface area contributed by atoms with Crippen LogP contribution in [0.3, 0.4) is 0 Å². The van der Waals surface area contributed by atoms with Gasteiger partial charge in [0, 0.05) is 17.1 Å². The molecule has 1 aromatic heterocycles. The number of alkyl halides is 3. The first-order valence-electron chi connectivity index (χ1n) is 8.91. The van der Waals surface area contributed by atoms with Crippen LogP contribution < -0.4 is 5.73 Å². The van der Waals surface area contributed by atoms with E-state index in [1.54, 1.807) is 24.3 Å². The number of fused-ring (bicyclic) bond motifs is 1. The molecule has 150 valence electrons. The van der Waals surface area contributed by atoms with Gasteiger partial charge in [0.1, 0.15) is 5.52 Å². The lowest BCUT2D eigenvalue weighted by atomic mass is 9.93. The van der Waals surface area contributed by atoms with Crippen molar-refractivity contribution in [3.05, 3.63) is 89.9 Å². The highest BCUT2D eigenvalue weighted by Gasteiger charge is 2.35. The van der Waals surface area contributed by atoms with Gasteiger partial charge in [-0.2, -0.15) is 13.2 Å². The average molecular weight is 410 g/mol. The maximum Gasteiger partial charge on any atom is 0.419 e. The second-order valence-corrected chi connectivity index (χ2v) is 6.67. The molecule has 0 unspecified atom stereocenters. The zero-order valence-corrected chi connectivity index (χ0v) is 15.4. The molecular formula is C23H14F4N2O. The van der Waals surface area contributed by atoms with Gasteiger partial charge in [-0.1, -0.05) is 42.5 Å². The van der Waals surface area contributed by atoms with Crippen LogP contribution in [0.1, 0.15) is 15.9 Å². The van der Waals surface area contributed by atoms with Gasteiger partial charge in [0.05, 0.1) is 5.56 Å². The number of carbonyl (C=O) groups excluding carboxylic acids is 1. The summed E-state index contributed by atoms with van der Waals surface area (Å²) in [4.78, 5) is 15.7. The average Bonchev–Trinajstić information content (AvgIpc) is 2.73. The van der Waals surface area contributed by atoms with Crippen LogP contribution in [0, 0.1) is 5.82 Å². The first-order chi connectivity index (χ1) is 14.3. The lowest BCUT2D eigenvalue weighted by Crippen LogP contribution is -2.12. The first kappa shape index (κ1) is 19.6. The number of nitrogens with two attached hydrogens (primary N) is 1.